The van der Waals surface area contributed by atoms with Crippen LogP contribution in [-0.4, -0.2) is 44.8 Å². The Morgan fingerprint density at radius 2 is 1.80 bits per heavy atom. The summed E-state index contributed by atoms with van der Waals surface area (Å²) in [6.07, 6.45) is 1.16. The highest BCUT2D eigenvalue weighted by Gasteiger charge is 2.42. The van der Waals surface area contributed by atoms with Crippen LogP contribution in [0.15, 0.2) is 18.2 Å². The zero-order valence-corrected chi connectivity index (χ0v) is 15.6. The van der Waals surface area contributed by atoms with E-state index in [1.54, 1.807) is 0 Å². The van der Waals surface area contributed by atoms with Crippen molar-refractivity contribution in [3.05, 3.63) is 34.9 Å². The van der Waals surface area contributed by atoms with Gasteiger partial charge in [0.1, 0.15) is 0 Å². The molecule has 0 atom stereocenters. The minimum absolute atomic E-state index is 0. The van der Waals surface area contributed by atoms with E-state index in [-0.39, 0.29) is 12.4 Å². The fourth-order valence-electron chi connectivity index (χ4n) is 3.58. The van der Waals surface area contributed by atoms with Gasteiger partial charge in [-0.2, -0.15) is 17.4 Å². The third-order valence-electron chi connectivity index (χ3n) is 5.00. The Balaban J connectivity index is 0.00000182. The van der Waals surface area contributed by atoms with Crippen LogP contribution in [0.25, 0.3) is 0 Å². The van der Waals surface area contributed by atoms with Crippen LogP contribution < -0.4 is 10.0 Å². The molecular weight excluding hydrogens is 366 g/mol. The van der Waals surface area contributed by atoms with Crippen LogP contribution >= 0.6 is 12.4 Å². The standard InChI is InChI=1S/C16H23N3O4S.ClH/c20-24(21,19-5-3-16(4-6-19)22-7-8-23-16)18-10-13-1-2-14-11-17-12-15(14)9-13;/h1-2,9,17-18H,3-8,10-12H2;1H. The number of nitrogens with one attached hydrogen (secondary N) is 2. The maximum Gasteiger partial charge on any atom is 0.279 e. The van der Waals surface area contributed by atoms with Gasteiger partial charge in [0, 0.05) is 45.6 Å². The molecule has 2 fully saturated rings. The fraction of sp³-hybridized carbons (Fsp3) is 0.625. The molecule has 3 aliphatic rings. The Morgan fingerprint density at radius 1 is 1.12 bits per heavy atom. The Kier molecular flexibility index (Phi) is 5.69. The van der Waals surface area contributed by atoms with Crippen LogP contribution in [0.1, 0.15) is 29.5 Å². The van der Waals surface area contributed by atoms with Crippen molar-refractivity contribution in [1.82, 2.24) is 14.3 Å². The predicted molar refractivity (Wildman–Crippen MR) is 95.4 cm³/mol. The number of ether oxygens (including phenoxy) is 2. The lowest BCUT2D eigenvalue weighted by Crippen LogP contribution is -2.50. The molecule has 0 bridgehead atoms. The van der Waals surface area contributed by atoms with Crippen molar-refractivity contribution in [2.75, 3.05) is 26.3 Å². The third-order valence-corrected chi connectivity index (χ3v) is 6.55. The number of hydrogen-bond acceptors (Lipinski definition) is 5. The largest absolute Gasteiger partial charge is 0.347 e. The Morgan fingerprint density at radius 3 is 2.52 bits per heavy atom. The van der Waals surface area contributed by atoms with Gasteiger partial charge >= 0.3 is 0 Å². The van der Waals surface area contributed by atoms with Crippen LogP contribution in [0.3, 0.4) is 0 Å². The molecule has 2 N–H and O–H groups in total. The first kappa shape index (κ1) is 19.0. The molecule has 0 radical (unpaired) electrons. The van der Waals surface area contributed by atoms with Crippen molar-refractivity contribution < 1.29 is 17.9 Å². The average molecular weight is 390 g/mol. The third kappa shape index (κ3) is 4.00. The SMILES string of the molecule is Cl.O=S(=O)(NCc1ccc2c(c1)CNC2)N1CCC2(CC1)OCCO2. The summed E-state index contributed by atoms with van der Waals surface area (Å²) in [6, 6.07) is 6.13. The van der Waals surface area contributed by atoms with Crippen molar-refractivity contribution in [2.45, 2.75) is 38.3 Å². The first-order valence-corrected chi connectivity index (χ1v) is 9.84. The summed E-state index contributed by atoms with van der Waals surface area (Å²) in [5, 5.41) is 3.29. The van der Waals surface area contributed by atoms with Crippen molar-refractivity contribution in [1.29, 1.82) is 0 Å². The molecule has 0 saturated carbocycles. The van der Waals surface area contributed by atoms with E-state index in [0.29, 0.717) is 45.7 Å². The fourth-order valence-corrected chi connectivity index (χ4v) is 4.77. The summed E-state index contributed by atoms with van der Waals surface area (Å²) in [4.78, 5) is 0. The highest BCUT2D eigenvalue weighted by molar-refractivity contribution is 7.87. The zero-order valence-electron chi connectivity index (χ0n) is 14.0. The van der Waals surface area contributed by atoms with E-state index >= 15 is 0 Å². The van der Waals surface area contributed by atoms with E-state index in [1.165, 1.54) is 15.4 Å². The second-order valence-corrected chi connectivity index (χ2v) is 8.29. The van der Waals surface area contributed by atoms with E-state index in [4.69, 9.17) is 9.47 Å². The minimum Gasteiger partial charge on any atom is -0.347 e. The Hall–Kier alpha value is -0.740. The van der Waals surface area contributed by atoms with Gasteiger partial charge in [0.15, 0.2) is 5.79 Å². The first-order chi connectivity index (χ1) is 11.6. The smallest absolute Gasteiger partial charge is 0.279 e. The van der Waals surface area contributed by atoms with Crippen LogP contribution in [0, 0.1) is 0 Å². The van der Waals surface area contributed by atoms with E-state index in [9.17, 15) is 8.42 Å². The van der Waals surface area contributed by atoms with E-state index in [0.717, 1.165) is 18.7 Å². The highest BCUT2D eigenvalue weighted by atomic mass is 35.5. The molecule has 1 aromatic rings. The maximum absolute atomic E-state index is 12.5. The molecule has 9 heteroatoms. The van der Waals surface area contributed by atoms with E-state index in [2.05, 4.69) is 22.2 Å². The molecule has 0 aromatic heterocycles. The lowest BCUT2D eigenvalue weighted by Gasteiger charge is -2.36. The Labute approximate surface area is 154 Å². The minimum atomic E-state index is -3.49. The molecule has 3 heterocycles. The molecule has 0 aliphatic carbocycles. The van der Waals surface area contributed by atoms with Gasteiger partial charge in [-0.25, -0.2) is 0 Å². The monoisotopic (exact) mass is 389 g/mol. The summed E-state index contributed by atoms with van der Waals surface area (Å²) in [5.74, 6) is -0.557. The van der Waals surface area contributed by atoms with Crippen molar-refractivity contribution in [3.63, 3.8) is 0 Å². The average Bonchev–Trinajstić information content (AvgIpc) is 3.22. The quantitative estimate of drug-likeness (QED) is 0.799. The van der Waals surface area contributed by atoms with Gasteiger partial charge < -0.3 is 14.8 Å². The van der Waals surface area contributed by atoms with Gasteiger partial charge in [-0.05, 0) is 16.7 Å². The molecule has 140 valence electrons. The maximum atomic E-state index is 12.5. The lowest BCUT2D eigenvalue weighted by atomic mass is 10.1. The lowest BCUT2D eigenvalue weighted by molar-refractivity contribution is -0.179. The van der Waals surface area contributed by atoms with Gasteiger partial charge in [-0.3, -0.25) is 0 Å². The van der Waals surface area contributed by atoms with Crippen molar-refractivity contribution >= 4 is 22.6 Å². The van der Waals surface area contributed by atoms with Gasteiger partial charge in [0.2, 0.25) is 0 Å². The topological polar surface area (TPSA) is 79.9 Å². The summed E-state index contributed by atoms with van der Waals surface area (Å²) in [7, 11) is -3.49. The molecule has 7 nitrogen and oxygen atoms in total. The Bertz CT molecular complexity index is 712. The molecule has 25 heavy (non-hydrogen) atoms. The van der Waals surface area contributed by atoms with Gasteiger partial charge in [0.05, 0.1) is 13.2 Å². The van der Waals surface area contributed by atoms with Crippen molar-refractivity contribution in [2.24, 2.45) is 0 Å². The summed E-state index contributed by atoms with van der Waals surface area (Å²) in [6.45, 7) is 4.08. The van der Waals surface area contributed by atoms with Crippen molar-refractivity contribution in [3.8, 4) is 0 Å². The number of benzene rings is 1. The van der Waals surface area contributed by atoms with Crippen LogP contribution in [-0.2, 0) is 39.3 Å². The molecule has 0 amide bonds. The molecular formula is C16H24ClN3O4S. The highest BCUT2D eigenvalue weighted by Crippen LogP contribution is 2.31. The number of fused-ring (bicyclic) bond motifs is 1. The number of rotatable bonds is 4. The molecule has 2 saturated heterocycles. The van der Waals surface area contributed by atoms with E-state index in [1.807, 2.05) is 6.07 Å². The molecule has 1 spiro atoms. The van der Waals surface area contributed by atoms with Crippen LogP contribution in [0.2, 0.25) is 0 Å². The van der Waals surface area contributed by atoms with E-state index < -0.39 is 16.0 Å². The van der Waals surface area contributed by atoms with Gasteiger partial charge in [0.25, 0.3) is 10.2 Å². The molecule has 4 rings (SSSR count). The van der Waals surface area contributed by atoms with Gasteiger partial charge in [-0.15, -0.1) is 12.4 Å². The molecule has 0 unspecified atom stereocenters. The number of halogens is 1. The summed E-state index contributed by atoms with van der Waals surface area (Å²) < 4.78 is 40.5. The van der Waals surface area contributed by atoms with Crippen LogP contribution in [0.4, 0.5) is 0 Å². The normalized spacial score (nSPS) is 22.7. The van der Waals surface area contributed by atoms with Gasteiger partial charge in [-0.1, -0.05) is 18.2 Å². The number of nitrogens with zero attached hydrogens (tertiary/aromatic N) is 1. The molecule has 1 aromatic carbocycles. The second kappa shape index (κ2) is 7.48. The first-order valence-electron chi connectivity index (χ1n) is 8.40. The zero-order chi connectivity index (χ0) is 16.6. The molecule has 3 aliphatic heterocycles. The predicted octanol–water partition coefficient (Wildman–Crippen LogP) is 0.885. The van der Waals surface area contributed by atoms with Crippen LogP contribution in [0.5, 0.6) is 0 Å². The second-order valence-electron chi connectivity index (χ2n) is 6.54. The summed E-state index contributed by atoms with van der Waals surface area (Å²) in [5.41, 5.74) is 3.53. The number of hydrogen-bond donors (Lipinski definition) is 2. The summed E-state index contributed by atoms with van der Waals surface area (Å²) >= 11 is 0. The number of piperidine rings is 1.